The van der Waals surface area contributed by atoms with Gasteiger partial charge in [-0.25, -0.2) is 14.6 Å². The summed E-state index contributed by atoms with van der Waals surface area (Å²) in [6.07, 6.45) is 14.3. The molecule has 6 atom stereocenters. The average molecular weight is 597 g/mol. The van der Waals surface area contributed by atoms with Crippen molar-refractivity contribution in [1.82, 2.24) is 20.6 Å². The lowest BCUT2D eigenvalue weighted by atomic mass is 9.96. The first-order chi connectivity index (χ1) is 19.4. The van der Waals surface area contributed by atoms with Crippen molar-refractivity contribution in [3.8, 4) is 0 Å². The molecule has 0 aromatic rings. The van der Waals surface area contributed by atoms with Crippen LogP contribution >= 0.6 is 7.82 Å². The minimum Gasteiger partial charge on any atom is -0.368 e. The average Bonchev–Trinajstić information content (AvgIpc) is 3.56. The minimum atomic E-state index is -4.09. The maximum atomic E-state index is 11.6. The Labute approximate surface area is 244 Å². The molecule has 41 heavy (non-hydrogen) atoms. The number of allylic oxidation sites excluding steroid dienone is 2. The van der Waals surface area contributed by atoms with Crippen LogP contribution in [0.1, 0.15) is 71.6 Å². The summed E-state index contributed by atoms with van der Waals surface area (Å²) in [5.41, 5.74) is 7.63. The zero-order valence-electron chi connectivity index (χ0n) is 25.2. The summed E-state index contributed by atoms with van der Waals surface area (Å²) < 4.78 is 20.4. The third-order valence-electron chi connectivity index (χ3n) is 8.06. The molecule has 4 bridgehead atoms. The smallest absolute Gasteiger partial charge is 0.368 e. The number of rotatable bonds is 8. The fourth-order valence-electron chi connectivity index (χ4n) is 5.99. The Morgan fingerprint density at radius 1 is 1.07 bits per heavy atom. The highest BCUT2D eigenvalue weighted by atomic mass is 31.2. The summed E-state index contributed by atoms with van der Waals surface area (Å²) in [4.78, 5) is 37.9. The standard InChI is InChI=1S/C11H17NO.C10H15NO.C7H17N4O4P/c1-2-11(13)9-5-3-4-8-6-7-10(9)12-8;1-7(12)9-4-2-3-8-5-6-10(9)11-8;1-10(2)5-6-4-9-7(8)11(6)15-16(12,13)14-3/h5,8,10,12H,2-4,6-7H2,1H3;4,8,10-11H,2-3,5-6H2,1H3;6H,4-5H2,1-3H3,(H2,8,9)(H,12,13). The summed E-state index contributed by atoms with van der Waals surface area (Å²) in [6, 6.07) is 1.90. The highest BCUT2D eigenvalue weighted by Gasteiger charge is 2.35. The Morgan fingerprint density at radius 2 is 1.63 bits per heavy atom. The zero-order valence-corrected chi connectivity index (χ0v) is 26.1. The van der Waals surface area contributed by atoms with Crippen LogP contribution in [0.15, 0.2) is 28.3 Å². The SMILES string of the molecule is CC(=O)C1=CCCC2CCC1N2.CCC(=O)C1=CCCC2CCC1N2.COP(=O)(O)ON1C(N)=NCC1CN(C)C. The van der Waals surface area contributed by atoms with Gasteiger partial charge in [0.05, 0.1) is 12.6 Å². The number of ketones is 2. The topological polar surface area (TPSA) is 159 Å². The van der Waals surface area contributed by atoms with Crippen molar-refractivity contribution >= 4 is 25.3 Å². The molecule has 0 amide bonds. The van der Waals surface area contributed by atoms with Gasteiger partial charge in [0.2, 0.25) is 5.96 Å². The number of phosphoric acid groups is 1. The van der Waals surface area contributed by atoms with Crippen molar-refractivity contribution in [2.24, 2.45) is 10.7 Å². The van der Waals surface area contributed by atoms with Gasteiger partial charge in [-0.15, -0.1) is 0 Å². The molecule has 5 aliphatic rings. The Kier molecular flexibility index (Phi) is 12.7. The molecule has 6 unspecified atom stereocenters. The number of nitrogens with one attached hydrogen (secondary N) is 2. The summed E-state index contributed by atoms with van der Waals surface area (Å²) in [5.74, 6) is 0.660. The van der Waals surface area contributed by atoms with Gasteiger partial charge in [-0.3, -0.25) is 14.1 Å². The van der Waals surface area contributed by atoms with Gasteiger partial charge in [0.1, 0.15) is 0 Å². The van der Waals surface area contributed by atoms with Crippen LogP contribution in [0.4, 0.5) is 0 Å². The number of carbonyl (C=O) groups is 2. The molecule has 0 spiro atoms. The van der Waals surface area contributed by atoms with E-state index in [1.807, 2.05) is 25.9 Å². The molecule has 0 radical (unpaired) electrons. The number of nitrogens with zero attached hydrogens (tertiary/aromatic N) is 3. The third kappa shape index (κ3) is 9.81. The summed E-state index contributed by atoms with van der Waals surface area (Å²) in [5, 5.41) is 8.15. The Balaban J connectivity index is 0.000000171. The first-order valence-corrected chi connectivity index (χ1v) is 16.2. The first kappa shape index (κ1) is 33.6. The van der Waals surface area contributed by atoms with Crippen molar-refractivity contribution < 1.29 is 28.2 Å². The summed E-state index contributed by atoms with van der Waals surface area (Å²) in [6.45, 7) is 4.65. The molecule has 5 rings (SSSR count). The van der Waals surface area contributed by atoms with Crippen LogP contribution in [0.25, 0.3) is 0 Å². The molecule has 0 saturated carbocycles. The van der Waals surface area contributed by atoms with E-state index in [1.165, 1.54) is 25.7 Å². The van der Waals surface area contributed by atoms with E-state index in [0.717, 1.165) is 49.0 Å². The highest BCUT2D eigenvalue weighted by Crippen LogP contribution is 2.44. The highest BCUT2D eigenvalue weighted by molar-refractivity contribution is 7.47. The molecule has 5 heterocycles. The van der Waals surface area contributed by atoms with E-state index in [-0.39, 0.29) is 17.8 Å². The second-order valence-corrected chi connectivity index (χ2v) is 12.9. The Hall–Kier alpha value is -1.92. The van der Waals surface area contributed by atoms with E-state index in [1.54, 1.807) is 6.92 Å². The maximum Gasteiger partial charge on any atom is 0.493 e. The molecule has 12 nitrogen and oxygen atoms in total. The number of guanidine groups is 1. The molecule has 2 saturated heterocycles. The van der Waals surface area contributed by atoms with Gasteiger partial charge in [0, 0.05) is 55.4 Å². The monoisotopic (exact) mass is 596 g/mol. The third-order valence-corrected chi connectivity index (χ3v) is 8.90. The van der Waals surface area contributed by atoms with Crippen LogP contribution in [0.3, 0.4) is 0 Å². The van der Waals surface area contributed by atoms with Crippen molar-refractivity contribution in [2.45, 2.75) is 102 Å². The van der Waals surface area contributed by atoms with Crippen molar-refractivity contribution in [2.75, 3.05) is 34.3 Å². The number of nitrogens with two attached hydrogens (primary N) is 1. The van der Waals surface area contributed by atoms with Gasteiger partial charge in [-0.1, -0.05) is 19.1 Å². The number of aliphatic imine (C=N–C) groups is 1. The lowest BCUT2D eigenvalue weighted by molar-refractivity contribution is -0.115. The lowest BCUT2D eigenvalue weighted by Crippen LogP contribution is -2.44. The van der Waals surface area contributed by atoms with E-state index in [9.17, 15) is 19.0 Å². The number of hydrogen-bond acceptors (Lipinski definition) is 11. The van der Waals surface area contributed by atoms with E-state index >= 15 is 0 Å². The second kappa shape index (κ2) is 15.5. The number of hydrogen-bond donors (Lipinski definition) is 4. The van der Waals surface area contributed by atoms with Gasteiger partial charge in [0.25, 0.3) is 0 Å². The van der Waals surface area contributed by atoms with Crippen LogP contribution in [-0.2, 0) is 23.3 Å². The van der Waals surface area contributed by atoms with Gasteiger partial charge in [0.15, 0.2) is 11.6 Å². The fraction of sp³-hybridized carbons (Fsp3) is 0.750. The van der Waals surface area contributed by atoms with Crippen LogP contribution < -0.4 is 16.4 Å². The van der Waals surface area contributed by atoms with E-state index in [4.69, 9.17) is 10.4 Å². The van der Waals surface area contributed by atoms with Crippen molar-refractivity contribution in [3.05, 3.63) is 23.3 Å². The molecule has 0 aliphatic carbocycles. The quantitative estimate of drug-likeness (QED) is 0.305. The number of hydroxylamine groups is 2. The molecular weight excluding hydrogens is 547 g/mol. The molecule has 232 valence electrons. The molecule has 5 aliphatic heterocycles. The maximum absolute atomic E-state index is 11.6. The predicted molar refractivity (Wildman–Crippen MR) is 159 cm³/mol. The van der Waals surface area contributed by atoms with E-state index < -0.39 is 7.82 Å². The largest absolute Gasteiger partial charge is 0.493 e. The summed E-state index contributed by atoms with van der Waals surface area (Å²) in [7, 11) is 0.747. The number of likely N-dealkylation sites (N-methyl/N-ethyl adjacent to an activating group) is 1. The Bertz CT molecular complexity index is 1060. The van der Waals surface area contributed by atoms with E-state index in [2.05, 4.69) is 32.3 Å². The van der Waals surface area contributed by atoms with Crippen LogP contribution in [0, 0.1) is 0 Å². The predicted octanol–water partition coefficient (Wildman–Crippen LogP) is 2.45. The fourth-order valence-corrected chi connectivity index (χ4v) is 6.49. The molecule has 2 fully saturated rings. The molecule has 0 aromatic heterocycles. The summed E-state index contributed by atoms with van der Waals surface area (Å²) >= 11 is 0. The van der Waals surface area contributed by atoms with Gasteiger partial charge in [-0.05, 0) is 72.4 Å². The minimum absolute atomic E-state index is 0.0816. The Morgan fingerprint density at radius 3 is 2.15 bits per heavy atom. The number of phosphoric ester groups is 1. The lowest BCUT2D eigenvalue weighted by Gasteiger charge is -2.27. The molecule has 5 N–H and O–H groups in total. The molecular formula is C28H49N6O6P. The molecule has 0 aromatic carbocycles. The number of fused-ring (bicyclic) bond motifs is 4. The van der Waals surface area contributed by atoms with Crippen LogP contribution in [0.5, 0.6) is 0 Å². The first-order valence-electron chi connectivity index (χ1n) is 14.7. The molecule has 13 heteroatoms. The van der Waals surface area contributed by atoms with Gasteiger partial charge in [-0.2, -0.15) is 4.62 Å². The van der Waals surface area contributed by atoms with Gasteiger partial charge < -0.3 is 26.2 Å². The zero-order chi connectivity index (χ0) is 30.2. The van der Waals surface area contributed by atoms with Crippen molar-refractivity contribution in [1.29, 1.82) is 0 Å². The van der Waals surface area contributed by atoms with Gasteiger partial charge >= 0.3 is 7.82 Å². The van der Waals surface area contributed by atoms with E-state index in [0.29, 0.717) is 49.5 Å². The van der Waals surface area contributed by atoms with Crippen LogP contribution in [0.2, 0.25) is 0 Å². The number of Topliss-reactive ketones (excluding diaryl/α,β-unsaturated/α-hetero) is 2. The number of carbonyl (C=O) groups excluding carboxylic acids is 2. The second-order valence-electron chi connectivity index (χ2n) is 11.5. The van der Waals surface area contributed by atoms with Crippen molar-refractivity contribution in [3.63, 3.8) is 0 Å². The van der Waals surface area contributed by atoms with Crippen LogP contribution in [-0.4, -0.2) is 96.9 Å². The normalized spacial score (nSPS) is 30.0.